The molecule has 2 N–H and O–H groups in total. The molecule has 0 aliphatic heterocycles. The molecule has 9 heteroatoms. The van der Waals surface area contributed by atoms with E-state index in [9.17, 15) is 14.4 Å². The fourth-order valence-corrected chi connectivity index (χ4v) is 2.79. The average molecular weight is 394 g/mol. The number of pyridine rings is 1. The van der Waals surface area contributed by atoms with Crippen molar-refractivity contribution >= 4 is 41.3 Å². The van der Waals surface area contributed by atoms with Crippen LogP contribution in [-0.2, 0) is 9.53 Å². The number of hydrogen-bond acceptors (Lipinski definition) is 6. The van der Waals surface area contributed by atoms with E-state index in [2.05, 4.69) is 10.3 Å². The van der Waals surface area contributed by atoms with Crippen LogP contribution in [0.3, 0.4) is 0 Å². The van der Waals surface area contributed by atoms with Crippen LogP contribution < -0.4 is 10.6 Å². The van der Waals surface area contributed by atoms with E-state index >= 15 is 0 Å². The summed E-state index contributed by atoms with van der Waals surface area (Å²) in [6.45, 7) is 1.37. The molecule has 2 aromatic rings. The van der Waals surface area contributed by atoms with E-state index in [4.69, 9.17) is 16.3 Å². The number of esters is 1. The van der Waals surface area contributed by atoms with Crippen LogP contribution in [0.1, 0.15) is 17.3 Å². The van der Waals surface area contributed by atoms with Gasteiger partial charge >= 0.3 is 12.0 Å². The molecule has 1 heterocycles. The number of aromatic nitrogens is 1. The van der Waals surface area contributed by atoms with Gasteiger partial charge in [0.1, 0.15) is 5.03 Å². The van der Waals surface area contributed by atoms with Gasteiger partial charge in [-0.25, -0.2) is 14.6 Å². The Morgan fingerprint density at radius 3 is 2.54 bits per heavy atom. The Morgan fingerprint density at radius 2 is 1.88 bits per heavy atom. The fourth-order valence-electron chi connectivity index (χ4n) is 1.80. The summed E-state index contributed by atoms with van der Waals surface area (Å²) in [6.07, 6.45) is 0.407. The second kappa shape index (κ2) is 9.21. The Kier molecular flexibility index (Phi) is 6.99. The summed E-state index contributed by atoms with van der Waals surface area (Å²) in [5.41, 5.74) is 0.215. The van der Waals surface area contributed by atoms with Crippen molar-refractivity contribution in [3.05, 3.63) is 53.2 Å². The Morgan fingerprint density at radius 1 is 1.19 bits per heavy atom. The number of nitrogens with zero attached hydrogens (tertiary/aromatic N) is 1. The third-order valence-electron chi connectivity index (χ3n) is 3.14. The lowest BCUT2D eigenvalue weighted by Gasteiger charge is -2.14. The molecule has 7 nitrogen and oxygen atoms in total. The van der Waals surface area contributed by atoms with Gasteiger partial charge in [-0.1, -0.05) is 23.4 Å². The summed E-state index contributed by atoms with van der Waals surface area (Å²) in [5, 5.41) is 5.32. The van der Waals surface area contributed by atoms with E-state index in [0.717, 1.165) is 4.90 Å². The molecule has 0 bridgehead atoms. The van der Waals surface area contributed by atoms with E-state index in [1.54, 1.807) is 42.6 Å². The Labute approximate surface area is 159 Å². The highest BCUT2D eigenvalue weighted by Gasteiger charge is 2.22. The first-order valence-corrected chi connectivity index (χ1v) is 8.72. The maximum atomic E-state index is 12.4. The van der Waals surface area contributed by atoms with Gasteiger partial charge in [0.25, 0.3) is 5.91 Å². The predicted octanol–water partition coefficient (Wildman–Crippen LogP) is 2.89. The molecule has 0 radical (unpaired) electrons. The summed E-state index contributed by atoms with van der Waals surface area (Å²) in [5.74, 6) is -1.44. The smallest absolute Gasteiger partial charge is 0.341 e. The van der Waals surface area contributed by atoms with Crippen LogP contribution in [0.25, 0.3) is 0 Å². The summed E-state index contributed by atoms with van der Waals surface area (Å²) >= 11 is 7.13. The largest absolute Gasteiger partial charge is 0.449 e. The predicted molar refractivity (Wildman–Crippen MR) is 97.3 cm³/mol. The van der Waals surface area contributed by atoms with Gasteiger partial charge in [0, 0.05) is 23.2 Å². The topological polar surface area (TPSA) is 97.4 Å². The lowest BCUT2D eigenvalue weighted by atomic mass is 10.3. The highest BCUT2D eigenvalue weighted by molar-refractivity contribution is 7.99. The summed E-state index contributed by atoms with van der Waals surface area (Å²) < 4.78 is 5.14. The van der Waals surface area contributed by atoms with Crippen LogP contribution in [0.5, 0.6) is 0 Å². The molecule has 1 atom stereocenters. The molecule has 3 amide bonds. The van der Waals surface area contributed by atoms with Crippen LogP contribution in [0, 0.1) is 0 Å². The van der Waals surface area contributed by atoms with Crippen molar-refractivity contribution in [2.45, 2.75) is 22.9 Å². The second-order valence-electron chi connectivity index (χ2n) is 5.03. The average Bonchev–Trinajstić information content (AvgIpc) is 2.63. The van der Waals surface area contributed by atoms with Crippen molar-refractivity contribution in [1.82, 2.24) is 15.6 Å². The molecule has 0 aliphatic rings. The first-order valence-electron chi connectivity index (χ1n) is 7.52. The third kappa shape index (κ3) is 5.47. The number of halogens is 1. The van der Waals surface area contributed by atoms with E-state index in [-0.39, 0.29) is 5.56 Å². The quantitative estimate of drug-likeness (QED) is 0.758. The Balaban J connectivity index is 2.10. The standard InChI is InChI=1S/C17H16ClN3O4S/c1-10(14(22)21-17(24)19-2)25-16(23)13-4-3-9-20-15(13)26-12-7-5-11(18)6-8-12/h3-10H,1-2H3,(H2,19,21,22,24)/t10-/m0/s1. The van der Waals surface area contributed by atoms with Gasteiger partial charge in [-0.05, 0) is 43.3 Å². The minimum atomic E-state index is -1.15. The number of carbonyl (C=O) groups excluding carboxylic acids is 3. The number of rotatable bonds is 5. The van der Waals surface area contributed by atoms with Crippen LogP contribution in [0.2, 0.25) is 5.02 Å². The zero-order valence-electron chi connectivity index (χ0n) is 14.0. The van der Waals surface area contributed by atoms with Gasteiger partial charge in [-0.3, -0.25) is 10.1 Å². The molecule has 26 heavy (non-hydrogen) atoms. The number of amides is 3. The second-order valence-corrected chi connectivity index (χ2v) is 6.53. The zero-order chi connectivity index (χ0) is 19.1. The molecule has 0 unspecified atom stereocenters. The molecule has 0 fully saturated rings. The zero-order valence-corrected chi connectivity index (χ0v) is 15.6. The van der Waals surface area contributed by atoms with Crippen molar-refractivity contribution < 1.29 is 19.1 Å². The third-order valence-corrected chi connectivity index (χ3v) is 4.41. The number of carbonyl (C=O) groups is 3. The van der Waals surface area contributed by atoms with Crippen molar-refractivity contribution in [3.63, 3.8) is 0 Å². The first-order chi connectivity index (χ1) is 12.4. The number of benzene rings is 1. The SMILES string of the molecule is CNC(=O)NC(=O)[C@H](C)OC(=O)c1cccnc1Sc1ccc(Cl)cc1. The highest BCUT2D eigenvalue weighted by atomic mass is 35.5. The minimum absolute atomic E-state index is 0.215. The van der Waals surface area contributed by atoms with E-state index in [1.807, 2.05) is 5.32 Å². The number of imide groups is 1. The van der Waals surface area contributed by atoms with Crippen LogP contribution in [-0.4, -0.2) is 36.0 Å². The van der Waals surface area contributed by atoms with Crippen molar-refractivity contribution in [2.75, 3.05) is 7.05 Å². The van der Waals surface area contributed by atoms with Gasteiger partial charge < -0.3 is 10.1 Å². The van der Waals surface area contributed by atoms with Crippen LogP contribution >= 0.6 is 23.4 Å². The van der Waals surface area contributed by atoms with Crippen molar-refractivity contribution in [2.24, 2.45) is 0 Å². The molecular formula is C17H16ClN3O4S. The molecule has 2 rings (SSSR count). The summed E-state index contributed by atoms with van der Waals surface area (Å²) in [4.78, 5) is 40.4. The highest BCUT2D eigenvalue weighted by Crippen LogP contribution is 2.29. The van der Waals surface area contributed by atoms with Gasteiger partial charge in [0.2, 0.25) is 0 Å². The van der Waals surface area contributed by atoms with Gasteiger partial charge in [-0.2, -0.15) is 0 Å². The van der Waals surface area contributed by atoms with Gasteiger partial charge in [0.15, 0.2) is 6.10 Å². The molecular weight excluding hydrogens is 378 g/mol. The maximum Gasteiger partial charge on any atom is 0.341 e. The van der Waals surface area contributed by atoms with Crippen LogP contribution in [0.15, 0.2) is 52.5 Å². The molecule has 1 aromatic carbocycles. The maximum absolute atomic E-state index is 12.4. The molecule has 0 saturated heterocycles. The first kappa shape index (κ1) is 19.7. The molecule has 0 spiro atoms. The van der Waals surface area contributed by atoms with Crippen molar-refractivity contribution in [3.8, 4) is 0 Å². The molecule has 0 aliphatic carbocycles. The van der Waals surface area contributed by atoms with Gasteiger partial charge in [-0.15, -0.1) is 0 Å². The van der Waals surface area contributed by atoms with E-state index in [1.165, 1.54) is 25.7 Å². The number of nitrogens with one attached hydrogen (secondary N) is 2. The minimum Gasteiger partial charge on any atom is -0.449 e. The number of ether oxygens (including phenoxy) is 1. The Hall–Kier alpha value is -2.58. The Bertz CT molecular complexity index is 814. The number of hydrogen-bond donors (Lipinski definition) is 2. The molecule has 1 aromatic heterocycles. The monoisotopic (exact) mass is 393 g/mol. The lowest BCUT2D eigenvalue weighted by Crippen LogP contribution is -2.43. The molecule has 0 saturated carbocycles. The lowest BCUT2D eigenvalue weighted by molar-refractivity contribution is -0.127. The van der Waals surface area contributed by atoms with Crippen LogP contribution in [0.4, 0.5) is 4.79 Å². The van der Waals surface area contributed by atoms with Crippen molar-refractivity contribution in [1.29, 1.82) is 0 Å². The van der Waals surface area contributed by atoms with E-state index < -0.39 is 24.0 Å². The van der Waals surface area contributed by atoms with Gasteiger partial charge in [0.05, 0.1) is 5.56 Å². The van der Waals surface area contributed by atoms with E-state index in [0.29, 0.717) is 10.0 Å². The fraction of sp³-hybridized carbons (Fsp3) is 0.176. The number of urea groups is 1. The summed E-state index contributed by atoms with van der Waals surface area (Å²) in [7, 11) is 1.37. The normalized spacial score (nSPS) is 11.3. The molecule has 136 valence electrons. The summed E-state index contributed by atoms with van der Waals surface area (Å²) in [6, 6.07) is 9.53.